The van der Waals surface area contributed by atoms with Crippen LogP contribution in [0.25, 0.3) is 10.8 Å². The van der Waals surface area contributed by atoms with Gasteiger partial charge in [-0.3, -0.25) is 0 Å². The second kappa shape index (κ2) is 5.30. The fourth-order valence-corrected chi connectivity index (χ4v) is 4.32. The molecule has 0 aliphatic carbocycles. The molecule has 112 valence electrons. The molecule has 2 saturated heterocycles. The Hall–Kier alpha value is -2.05. The molecule has 0 saturated carbocycles. The van der Waals surface area contributed by atoms with Gasteiger partial charge >= 0.3 is 0 Å². The van der Waals surface area contributed by atoms with Crippen LogP contribution in [0.2, 0.25) is 0 Å². The number of hydrogen-bond acceptors (Lipinski definition) is 3. The predicted molar refractivity (Wildman–Crippen MR) is 88.0 cm³/mol. The van der Waals surface area contributed by atoms with Crippen LogP contribution in [0.5, 0.6) is 0 Å². The summed E-state index contributed by atoms with van der Waals surface area (Å²) in [6, 6.07) is 15.8. The molecule has 2 aliphatic heterocycles. The molecule has 22 heavy (non-hydrogen) atoms. The number of benzene rings is 2. The topological polar surface area (TPSA) is 36.3 Å². The molecular weight excluding hydrogens is 272 g/mol. The predicted octanol–water partition coefficient (Wildman–Crippen LogP) is 3.86. The van der Waals surface area contributed by atoms with Gasteiger partial charge in [0.2, 0.25) is 0 Å². The fourth-order valence-electron chi connectivity index (χ4n) is 4.32. The summed E-state index contributed by atoms with van der Waals surface area (Å²) in [6.45, 7) is 0. The van der Waals surface area contributed by atoms with Crippen LogP contribution in [0, 0.1) is 11.3 Å². The minimum absolute atomic E-state index is 0.401. The number of methoxy groups -OCH3 is 1. The summed E-state index contributed by atoms with van der Waals surface area (Å²) in [4.78, 5) is 2.60. The average molecular weight is 292 g/mol. The van der Waals surface area contributed by atoms with Crippen molar-refractivity contribution in [2.45, 2.75) is 43.9 Å². The molecule has 4 rings (SSSR count). The molecule has 2 aliphatic rings. The lowest BCUT2D eigenvalue weighted by Crippen LogP contribution is -2.45. The van der Waals surface area contributed by atoms with Gasteiger partial charge in [-0.15, -0.1) is 0 Å². The molecule has 2 fully saturated rings. The van der Waals surface area contributed by atoms with Crippen LogP contribution in [-0.4, -0.2) is 25.3 Å². The van der Waals surface area contributed by atoms with Gasteiger partial charge in [0.15, 0.2) is 0 Å². The van der Waals surface area contributed by atoms with E-state index in [0.29, 0.717) is 18.2 Å². The van der Waals surface area contributed by atoms with E-state index in [0.717, 1.165) is 23.8 Å². The molecule has 2 aromatic carbocycles. The van der Waals surface area contributed by atoms with E-state index in [9.17, 15) is 5.26 Å². The van der Waals surface area contributed by atoms with E-state index in [4.69, 9.17) is 4.74 Å². The molecule has 0 radical (unpaired) electrons. The Bertz CT molecular complexity index is 735. The van der Waals surface area contributed by atoms with Crippen molar-refractivity contribution in [2.75, 3.05) is 12.0 Å². The summed E-state index contributed by atoms with van der Waals surface area (Å²) in [5.74, 6) is 0. The Labute approximate surface area is 131 Å². The van der Waals surface area contributed by atoms with Crippen LogP contribution in [0.3, 0.4) is 0 Å². The van der Waals surface area contributed by atoms with Crippen LogP contribution >= 0.6 is 0 Å². The smallest absolute Gasteiger partial charge is 0.0998 e. The standard InChI is InChI=1S/C19H20N2O/c1-22-16-10-14-7-8-15(11-16)21(14)19-9-6-13(12-20)17-4-2-3-5-18(17)19/h2-6,9,14-16H,7-8,10-11H2,1H3/t14-,15+,16+. The number of hydrogen-bond donors (Lipinski definition) is 0. The third-order valence-corrected chi connectivity index (χ3v) is 5.32. The number of rotatable bonds is 2. The molecule has 3 nitrogen and oxygen atoms in total. The minimum Gasteiger partial charge on any atom is -0.381 e. The molecule has 0 aromatic heterocycles. The van der Waals surface area contributed by atoms with Crippen molar-refractivity contribution >= 4 is 16.5 Å². The van der Waals surface area contributed by atoms with Crippen molar-refractivity contribution < 1.29 is 4.74 Å². The Kier molecular flexibility index (Phi) is 3.28. The molecule has 0 unspecified atom stereocenters. The van der Waals surface area contributed by atoms with Crippen molar-refractivity contribution in [3.63, 3.8) is 0 Å². The molecule has 2 aromatic rings. The second-order valence-electron chi connectivity index (χ2n) is 6.41. The minimum atomic E-state index is 0.401. The lowest BCUT2D eigenvalue weighted by atomic mass is 9.96. The van der Waals surface area contributed by atoms with Crippen LogP contribution in [0.4, 0.5) is 5.69 Å². The first-order valence-corrected chi connectivity index (χ1v) is 8.05. The SMILES string of the molecule is CO[C@H]1C[C@H]2CC[C@@H](C1)N2c1ccc(C#N)c2ccccc12. The van der Waals surface area contributed by atoms with Gasteiger partial charge in [0.05, 0.1) is 17.7 Å². The summed E-state index contributed by atoms with van der Waals surface area (Å²) in [5.41, 5.74) is 2.05. The molecule has 3 atom stereocenters. The second-order valence-corrected chi connectivity index (χ2v) is 6.41. The summed E-state index contributed by atoms with van der Waals surface area (Å²) >= 11 is 0. The van der Waals surface area contributed by atoms with Gasteiger partial charge in [-0.25, -0.2) is 0 Å². The van der Waals surface area contributed by atoms with Crippen molar-refractivity contribution in [3.8, 4) is 6.07 Å². The van der Waals surface area contributed by atoms with Gasteiger partial charge < -0.3 is 9.64 Å². The first-order valence-electron chi connectivity index (χ1n) is 8.05. The third-order valence-electron chi connectivity index (χ3n) is 5.32. The van der Waals surface area contributed by atoms with E-state index in [1.165, 1.54) is 23.9 Å². The molecule has 0 amide bonds. The average Bonchev–Trinajstić information content (AvgIpc) is 2.83. The maximum atomic E-state index is 9.34. The van der Waals surface area contributed by atoms with Gasteiger partial charge in [-0.2, -0.15) is 5.26 Å². The van der Waals surface area contributed by atoms with E-state index >= 15 is 0 Å². The highest BCUT2D eigenvalue weighted by Crippen LogP contribution is 2.42. The van der Waals surface area contributed by atoms with Gasteiger partial charge in [0, 0.05) is 35.7 Å². The van der Waals surface area contributed by atoms with Crippen molar-refractivity contribution in [1.82, 2.24) is 0 Å². The largest absolute Gasteiger partial charge is 0.381 e. The highest BCUT2D eigenvalue weighted by molar-refractivity contribution is 5.98. The Morgan fingerprint density at radius 3 is 2.36 bits per heavy atom. The molecular formula is C19H20N2O. The van der Waals surface area contributed by atoms with Crippen LogP contribution in [0.1, 0.15) is 31.2 Å². The van der Waals surface area contributed by atoms with E-state index in [1.807, 2.05) is 19.2 Å². The maximum absolute atomic E-state index is 9.34. The lowest BCUT2D eigenvalue weighted by molar-refractivity contribution is 0.0684. The summed E-state index contributed by atoms with van der Waals surface area (Å²) in [5, 5.41) is 11.6. The van der Waals surface area contributed by atoms with Gasteiger partial charge in [-0.1, -0.05) is 24.3 Å². The normalized spacial score (nSPS) is 27.1. The van der Waals surface area contributed by atoms with E-state index in [2.05, 4.69) is 35.2 Å². The quantitative estimate of drug-likeness (QED) is 0.843. The van der Waals surface area contributed by atoms with E-state index in [-0.39, 0.29) is 0 Å². The molecule has 0 N–H and O–H groups in total. The zero-order valence-corrected chi connectivity index (χ0v) is 12.8. The van der Waals surface area contributed by atoms with E-state index in [1.54, 1.807) is 0 Å². The van der Waals surface area contributed by atoms with Crippen LogP contribution < -0.4 is 4.90 Å². The molecule has 3 heteroatoms. The van der Waals surface area contributed by atoms with Gasteiger partial charge in [0.25, 0.3) is 0 Å². The Morgan fingerprint density at radius 1 is 1.05 bits per heavy atom. The van der Waals surface area contributed by atoms with Crippen molar-refractivity contribution in [2.24, 2.45) is 0 Å². The Balaban J connectivity index is 1.81. The van der Waals surface area contributed by atoms with Gasteiger partial charge in [0.1, 0.15) is 0 Å². The highest BCUT2D eigenvalue weighted by atomic mass is 16.5. The lowest BCUT2D eigenvalue weighted by Gasteiger charge is -2.40. The maximum Gasteiger partial charge on any atom is 0.0998 e. The number of ether oxygens (including phenoxy) is 1. The first-order chi connectivity index (χ1) is 10.8. The van der Waals surface area contributed by atoms with E-state index < -0.39 is 0 Å². The number of fused-ring (bicyclic) bond motifs is 3. The van der Waals surface area contributed by atoms with Crippen molar-refractivity contribution in [1.29, 1.82) is 5.26 Å². The highest BCUT2D eigenvalue weighted by Gasteiger charge is 2.41. The summed E-state index contributed by atoms with van der Waals surface area (Å²) in [7, 11) is 1.83. The number of anilines is 1. The summed E-state index contributed by atoms with van der Waals surface area (Å²) in [6.07, 6.45) is 5.12. The fraction of sp³-hybridized carbons (Fsp3) is 0.421. The van der Waals surface area contributed by atoms with Gasteiger partial charge in [-0.05, 0) is 37.8 Å². The number of piperidine rings is 1. The zero-order chi connectivity index (χ0) is 15.1. The van der Waals surface area contributed by atoms with Crippen LogP contribution in [-0.2, 0) is 4.74 Å². The number of nitrogens with zero attached hydrogens (tertiary/aromatic N) is 2. The molecule has 2 bridgehead atoms. The Morgan fingerprint density at radius 2 is 1.73 bits per heavy atom. The van der Waals surface area contributed by atoms with Crippen LogP contribution in [0.15, 0.2) is 36.4 Å². The third kappa shape index (κ3) is 1.99. The zero-order valence-electron chi connectivity index (χ0n) is 12.8. The molecule has 2 heterocycles. The number of nitriles is 1. The summed E-state index contributed by atoms with van der Waals surface area (Å²) < 4.78 is 5.61. The van der Waals surface area contributed by atoms with Crippen molar-refractivity contribution in [3.05, 3.63) is 42.0 Å². The molecule has 0 spiro atoms. The monoisotopic (exact) mass is 292 g/mol. The first kappa shape index (κ1) is 13.6.